The van der Waals surface area contributed by atoms with Crippen molar-refractivity contribution >= 4 is 18.3 Å². The van der Waals surface area contributed by atoms with Crippen LogP contribution in [-0.4, -0.2) is 32.1 Å². The molecule has 5 heteroatoms. The molecule has 1 aliphatic rings. The fraction of sp³-hybridized carbons (Fsp3) is 0.500. The van der Waals surface area contributed by atoms with Crippen LogP contribution in [0.2, 0.25) is 0 Å². The number of hydrogen-bond acceptors (Lipinski definition) is 3. The Kier molecular flexibility index (Phi) is 6.67. The number of ether oxygens (including phenoxy) is 1. The smallest absolute Gasteiger partial charge is 0.237 e. The Hall–Kier alpha value is -1.26. The number of hydrogen-bond donors (Lipinski definition) is 2. The van der Waals surface area contributed by atoms with Gasteiger partial charge in [0.1, 0.15) is 5.75 Å². The Labute approximate surface area is 120 Å². The van der Waals surface area contributed by atoms with E-state index in [-0.39, 0.29) is 24.4 Å². The van der Waals surface area contributed by atoms with Crippen LogP contribution >= 0.6 is 12.4 Å². The van der Waals surface area contributed by atoms with Crippen molar-refractivity contribution in [1.29, 1.82) is 0 Å². The summed E-state index contributed by atoms with van der Waals surface area (Å²) in [6.07, 6.45) is 2.90. The molecule has 1 fully saturated rings. The van der Waals surface area contributed by atoms with Gasteiger partial charge in [-0.05, 0) is 43.5 Å². The van der Waals surface area contributed by atoms with Gasteiger partial charge in [-0.1, -0.05) is 12.1 Å². The van der Waals surface area contributed by atoms with Crippen molar-refractivity contribution in [2.45, 2.75) is 25.3 Å². The topological polar surface area (TPSA) is 50.4 Å². The zero-order chi connectivity index (χ0) is 12.8. The third kappa shape index (κ3) is 4.73. The molecule has 0 aliphatic carbocycles. The lowest BCUT2D eigenvalue weighted by molar-refractivity contribution is -0.122. The maximum absolute atomic E-state index is 11.7. The number of benzene rings is 1. The lowest BCUT2D eigenvalue weighted by atomic mass is 10.1. The highest BCUT2D eigenvalue weighted by Gasteiger charge is 2.21. The van der Waals surface area contributed by atoms with Gasteiger partial charge in [0.15, 0.2) is 0 Å². The van der Waals surface area contributed by atoms with Gasteiger partial charge >= 0.3 is 0 Å². The lowest BCUT2D eigenvalue weighted by Crippen LogP contribution is -2.41. The van der Waals surface area contributed by atoms with Crippen LogP contribution in [0.5, 0.6) is 5.75 Å². The Morgan fingerprint density at radius 1 is 1.42 bits per heavy atom. The number of nitrogens with one attached hydrogen (secondary N) is 2. The van der Waals surface area contributed by atoms with Crippen molar-refractivity contribution in [2.24, 2.45) is 0 Å². The molecule has 1 aromatic rings. The summed E-state index contributed by atoms with van der Waals surface area (Å²) in [5.74, 6) is 0.985. The van der Waals surface area contributed by atoms with Gasteiger partial charge in [-0.3, -0.25) is 4.79 Å². The number of carbonyl (C=O) groups is 1. The normalized spacial score (nSPS) is 17.6. The molecular formula is C14H21ClN2O2. The van der Waals surface area contributed by atoms with Crippen molar-refractivity contribution in [3.63, 3.8) is 0 Å². The van der Waals surface area contributed by atoms with Crippen LogP contribution in [0.25, 0.3) is 0 Å². The van der Waals surface area contributed by atoms with Crippen molar-refractivity contribution in [1.82, 2.24) is 10.6 Å². The fourth-order valence-electron chi connectivity index (χ4n) is 2.15. The molecular weight excluding hydrogens is 264 g/mol. The summed E-state index contributed by atoms with van der Waals surface area (Å²) in [5.41, 5.74) is 1.20. The molecule has 1 aliphatic heterocycles. The Morgan fingerprint density at radius 2 is 2.16 bits per heavy atom. The van der Waals surface area contributed by atoms with Gasteiger partial charge in [0.2, 0.25) is 5.91 Å². The molecule has 2 rings (SSSR count). The highest BCUT2D eigenvalue weighted by atomic mass is 35.5. The number of amides is 1. The minimum Gasteiger partial charge on any atom is -0.497 e. The predicted molar refractivity (Wildman–Crippen MR) is 78.0 cm³/mol. The SMILES string of the molecule is COc1ccc(CCNC(=O)[C@@H]2CCCN2)cc1.Cl. The average Bonchev–Trinajstić information content (AvgIpc) is 2.93. The first-order chi connectivity index (χ1) is 8.79. The molecule has 2 N–H and O–H groups in total. The van der Waals surface area contributed by atoms with E-state index in [1.807, 2.05) is 24.3 Å². The van der Waals surface area contributed by atoms with E-state index in [2.05, 4.69) is 10.6 Å². The van der Waals surface area contributed by atoms with E-state index in [4.69, 9.17) is 4.74 Å². The molecule has 0 radical (unpaired) electrons. The maximum atomic E-state index is 11.7. The molecule has 4 nitrogen and oxygen atoms in total. The predicted octanol–water partition coefficient (Wildman–Crippen LogP) is 1.53. The molecule has 1 aromatic carbocycles. The first-order valence-electron chi connectivity index (χ1n) is 6.43. The summed E-state index contributed by atoms with van der Waals surface area (Å²) in [6, 6.07) is 7.95. The second-order valence-corrected chi connectivity index (χ2v) is 4.54. The number of methoxy groups -OCH3 is 1. The van der Waals surface area contributed by atoms with Crippen LogP contribution in [0.15, 0.2) is 24.3 Å². The van der Waals surface area contributed by atoms with E-state index in [1.165, 1.54) is 5.56 Å². The molecule has 0 spiro atoms. The Balaban J connectivity index is 0.00000180. The molecule has 1 saturated heterocycles. The third-order valence-electron chi connectivity index (χ3n) is 3.25. The fourth-order valence-corrected chi connectivity index (χ4v) is 2.15. The van der Waals surface area contributed by atoms with Gasteiger partial charge in [-0.25, -0.2) is 0 Å². The third-order valence-corrected chi connectivity index (χ3v) is 3.25. The quantitative estimate of drug-likeness (QED) is 0.862. The van der Waals surface area contributed by atoms with Crippen molar-refractivity contribution < 1.29 is 9.53 Å². The summed E-state index contributed by atoms with van der Waals surface area (Å²) in [6.45, 7) is 1.64. The van der Waals surface area contributed by atoms with E-state index in [1.54, 1.807) is 7.11 Å². The molecule has 106 valence electrons. The summed E-state index contributed by atoms with van der Waals surface area (Å²) < 4.78 is 5.10. The second-order valence-electron chi connectivity index (χ2n) is 4.54. The van der Waals surface area contributed by atoms with Crippen molar-refractivity contribution in [2.75, 3.05) is 20.2 Å². The van der Waals surface area contributed by atoms with Gasteiger partial charge in [0.25, 0.3) is 0 Å². The Morgan fingerprint density at radius 3 is 2.74 bits per heavy atom. The monoisotopic (exact) mass is 284 g/mol. The first kappa shape index (κ1) is 15.8. The molecule has 19 heavy (non-hydrogen) atoms. The summed E-state index contributed by atoms with van der Waals surface area (Å²) in [4.78, 5) is 11.7. The van der Waals surface area contributed by atoms with E-state index >= 15 is 0 Å². The molecule has 1 atom stereocenters. The number of carbonyl (C=O) groups excluding carboxylic acids is 1. The number of rotatable bonds is 5. The second kappa shape index (κ2) is 8.02. The van der Waals surface area contributed by atoms with E-state index < -0.39 is 0 Å². The minimum absolute atomic E-state index is 0. The zero-order valence-corrected chi connectivity index (χ0v) is 12.0. The van der Waals surface area contributed by atoms with E-state index in [0.29, 0.717) is 6.54 Å². The zero-order valence-electron chi connectivity index (χ0n) is 11.1. The number of halogens is 1. The minimum atomic E-state index is 0. The van der Waals surface area contributed by atoms with Crippen molar-refractivity contribution in [3.8, 4) is 5.75 Å². The molecule has 1 heterocycles. The molecule has 0 unspecified atom stereocenters. The summed E-state index contributed by atoms with van der Waals surface area (Å²) in [7, 11) is 1.66. The summed E-state index contributed by atoms with van der Waals surface area (Å²) in [5, 5.41) is 6.16. The van der Waals surface area contributed by atoms with Crippen molar-refractivity contribution in [3.05, 3.63) is 29.8 Å². The largest absolute Gasteiger partial charge is 0.497 e. The highest BCUT2D eigenvalue weighted by Crippen LogP contribution is 2.11. The van der Waals surface area contributed by atoms with E-state index in [9.17, 15) is 4.79 Å². The highest BCUT2D eigenvalue weighted by molar-refractivity contribution is 5.85. The molecule has 0 bridgehead atoms. The van der Waals surface area contributed by atoms with Gasteiger partial charge in [-0.2, -0.15) is 0 Å². The van der Waals surface area contributed by atoms with Gasteiger partial charge in [0.05, 0.1) is 13.2 Å². The molecule has 0 saturated carbocycles. The van der Waals surface area contributed by atoms with Crippen LogP contribution in [0.3, 0.4) is 0 Å². The van der Waals surface area contributed by atoms with Gasteiger partial charge in [0, 0.05) is 6.54 Å². The van der Waals surface area contributed by atoms with Gasteiger partial charge in [-0.15, -0.1) is 12.4 Å². The van der Waals surface area contributed by atoms with Crippen LogP contribution in [0.4, 0.5) is 0 Å². The Bertz CT molecular complexity index is 389. The van der Waals surface area contributed by atoms with Crippen LogP contribution in [-0.2, 0) is 11.2 Å². The maximum Gasteiger partial charge on any atom is 0.237 e. The van der Waals surface area contributed by atoms with Crippen LogP contribution < -0.4 is 15.4 Å². The molecule has 1 amide bonds. The van der Waals surface area contributed by atoms with E-state index in [0.717, 1.165) is 31.6 Å². The summed E-state index contributed by atoms with van der Waals surface area (Å²) >= 11 is 0. The average molecular weight is 285 g/mol. The first-order valence-corrected chi connectivity index (χ1v) is 6.43. The van der Waals surface area contributed by atoms with Crippen LogP contribution in [0.1, 0.15) is 18.4 Å². The van der Waals surface area contributed by atoms with Gasteiger partial charge < -0.3 is 15.4 Å². The lowest BCUT2D eigenvalue weighted by Gasteiger charge is -2.11. The molecule has 0 aromatic heterocycles. The van der Waals surface area contributed by atoms with Crippen LogP contribution in [0, 0.1) is 0 Å². The standard InChI is InChI=1S/C14H20N2O2.ClH/c1-18-12-6-4-11(5-7-12)8-10-16-14(17)13-3-2-9-15-13;/h4-7,13,15H,2-3,8-10H2,1H3,(H,16,17);1H/t13-;/m0./s1.